The molecule has 32 heavy (non-hydrogen) atoms. The van der Waals surface area contributed by atoms with Crippen molar-refractivity contribution in [1.82, 2.24) is 0 Å². The summed E-state index contributed by atoms with van der Waals surface area (Å²) in [6.07, 6.45) is 24.3. The zero-order valence-electron chi connectivity index (χ0n) is 22.2. The lowest BCUT2D eigenvalue weighted by Gasteiger charge is -2.58. The van der Waals surface area contributed by atoms with Gasteiger partial charge in [-0.05, 0) is 135 Å². The van der Waals surface area contributed by atoms with Gasteiger partial charge in [-0.1, -0.05) is 65.3 Å². The molecule has 0 aromatic heterocycles. The average molecular weight is 437 g/mol. The van der Waals surface area contributed by atoms with Crippen molar-refractivity contribution in [1.29, 1.82) is 0 Å². The van der Waals surface area contributed by atoms with E-state index in [1.165, 1.54) is 70.6 Å². The van der Waals surface area contributed by atoms with Gasteiger partial charge in [0.2, 0.25) is 0 Å². The fourth-order valence-electron chi connectivity index (χ4n) is 9.85. The SMILES string of the molecule is CCC(/C=C/C(C)C1CCC2C3CC=C4CC(C5CC5)CCC4(C)C3CCC12C)C(C)C. The fourth-order valence-corrected chi connectivity index (χ4v) is 9.85. The molecule has 9 unspecified atom stereocenters. The zero-order chi connectivity index (χ0) is 22.7. The van der Waals surface area contributed by atoms with Gasteiger partial charge in [-0.2, -0.15) is 0 Å². The van der Waals surface area contributed by atoms with Crippen LogP contribution >= 0.6 is 0 Å². The lowest BCUT2D eigenvalue weighted by Crippen LogP contribution is -2.50. The van der Waals surface area contributed by atoms with E-state index in [4.69, 9.17) is 0 Å². The number of hydrogen-bond donors (Lipinski definition) is 0. The van der Waals surface area contributed by atoms with Gasteiger partial charge in [0.1, 0.15) is 0 Å². The summed E-state index contributed by atoms with van der Waals surface area (Å²) in [6.45, 7) is 15.1. The highest BCUT2D eigenvalue weighted by Crippen LogP contribution is 2.68. The van der Waals surface area contributed by atoms with Crippen LogP contribution < -0.4 is 0 Å². The summed E-state index contributed by atoms with van der Waals surface area (Å²) in [5.74, 6) is 8.24. The Morgan fingerprint density at radius 1 is 0.906 bits per heavy atom. The molecule has 5 aliphatic carbocycles. The van der Waals surface area contributed by atoms with Crippen LogP contribution in [0.4, 0.5) is 0 Å². The molecule has 0 nitrogen and oxygen atoms in total. The standard InChI is InChI=1S/C32H52/c1-7-23(21(2)3)9-8-22(4)28-14-15-29-27-13-12-26-20-25(24-10-11-24)16-18-31(26,5)30(27)17-19-32(28,29)6/h8-9,12,21-25,27-30H,7,10-11,13-20H2,1-6H3/b9-8+. The first kappa shape index (κ1) is 23.2. The molecule has 0 bridgehead atoms. The van der Waals surface area contributed by atoms with Gasteiger partial charge in [0.25, 0.3) is 0 Å². The first-order valence-electron chi connectivity index (χ1n) is 14.7. The first-order valence-corrected chi connectivity index (χ1v) is 14.7. The van der Waals surface area contributed by atoms with E-state index in [-0.39, 0.29) is 0 Å². The molecule has 0 saturated heterocycles. The summed E-state index contributed by atoms with van der Waals surface area (Å²) >= 11 is 0. The van der Waals surface area contributed by atoms with Gasteiger partial charge < -0.3 is 0 Å². The fraction of sp³-hybridized carbons (Fsp3) is 0.875. The van der Waals surface area contributed by atoms with E-state index in [9.17, 15) is 0 Å². The highest BCUT2D eigenvalue weighted by Gasteiger charge is 2.59. The Kier molecular flexibility index (Phi) is 6.25. The van der Waals surface area contributed by atoms with E-state index in [1.54, 1.807) is 0 Å². The van der Waals surface area contributed by atoms with Crippen molar-refractivity contribution >= 4 is 0 Å². The van der Waals surface area contributed by atoms with Gasteiger partial charge in [-0.3, -0.25) is 0 Å². The Labute approximate surface area is 200 Å². The van der Waals surface area contributed by atoms with Crippen LogP contribution in [0.2, 0.25) is 0 Å². The molecule has 5 aliphatic rings. The third-order valence-corrected chi connectivity index (χ3v) is 12.1. The van der Waals surface area contributed by atoms with Gasteiger partial charge >= 0.3 is 0 Å². The van der Waals surface area contributed by atoms with Crippen molar-refractivity contribution in [3.63, 3.8) is 0 Å². The van der Waals surface area contributed by atoms with Crippen molar-refractivity contribution in [2.75, 3.05) is 0 Å². The molecule has 180 valence electrons. The molecule has 9 atom stereocenters. The van der Waals surface area contributed by atoms with Crippen LogP contribution in [-0.4, -0.2) is 0 Å². The normalized spacial score (nSPS) is 45.8. The summed E-state index contributed by atoms with van der Waals surface area (Å²) in [4.78, 5) is 0. The van der Waals surface area contributed by atoms with E-state index in [0.29, 0.717) is 10.8 Å². The smallest absolute Gasteiger partial charge is 0.00851 e. The minimum atomic E-state index is 0.546. The van der Waals surface area contributed by atoms with Gasteiger partial charge in [0.15, 0.2) is 0 Å². The Morgan fingerprint density at radius 2 is 1.69 bits per heavy atom. The van der Waals surface area contributed by atoms with E-state index in [1.807, 2.05) is 5.57 Å². The second kappa shape index (κ2) is 8.61. The van der Waals surface area contributed by atoms with Crippen LogP contribution in [0.25, 0.3) is 0 Å². The summed E-state index contributed by atoms with van der Waals surface area (Å²) < 4.78 is 0. The maximum absolute atomic E-state index is 2.80. The Balaban J connectivity index is 1.32. The van der Waals surface area contributed by atoms with Crippen LogP contribution in [0, 0.1) is 64.1 Å². The van der Waals surface area contributed by atoms with E-state index >= 15 is 0 Å². The molecule has 0 spiro atoms. The van der Waals surface area contributed by atoms with Crippen molar-refractivity contribution < 1.29 is 0 Å². The quantitative estimate of drug-likeness (QED) is 0.364. The second-order valence-electron chi connectivity index (χ2n) is 13.9. The summed E-state index contributed by atoms with van der Waals surface area (Å²) in [5, 5.41) is 0. The minimum Gasteiger partial charge on any atom is -0.0851 e. The predicted octanol–water partition coefficient (Wildman–Crippen LogP) is 9.47. The number of fused-ring (bicyclic) bond motifs is 5. The van der Waals surface area contributed by atoms with Gasteiger partial charge in [0, 0.05) is 0 Å². The van der Waals surface area contributed by atoms with Crippen LogP contribution in [0.3, 0.4) is 0 Å². The Bertz CT molecular complexity index is 737. The molecule has 0 aromatic carbocycles. The van der Waals surface area contributed by atoms with E-state index in [0.717, 1.165) is 53.3 Å². The highest BCUT2D eigenvalue weighted by molar-refractivity contribution is 5.26. The van der Waals surface area contributed by atoms with Crippen molar-refractivity contribution in [2.45, 2.75) is 112 Å². The molecule has 0 aromatic rings. The molecule has 0 aliphatic heterocycles. The van der Waals surface area contributed by atoms with Gasteiger partial charge in [-0.25, -0.2) is 0 Å². The van der Waals surface area contributed by atoms with E-state index in [2.05, 4.69) is 59.8 Å². The molecule has 5 rings (SSSR count). The van der Waals surface area contributed by atoms with Crippen molar-refractivity contribution in [2.24, 2.45) is 64.1 Å². The average Bonchev–Trinajstić information content (AvgIpc) is 3.54. The lowest BCUT2D eigenvalue weighted by atomic mass is 9.46. The Morgan fingerprint density at radius 3 is 2.38 bits per heavy atom. The van der Waals surface area contributed by atoms with Crippen molar-refractivity contribution in [3.05, 3.63) is 23.8 Å². The molecule has 0 heterocycles. The number of rotatable bonds is 6. The largest absolute Gasteiger partial charge is 0.0851 e. The third-order valence-electron chi connectivity index (χ3n) is 12.1. The molecule has 4 fully saturated rings. The molecule has 0 heteroatoms. The molecule has 0 amide bonds. The summed E-state index contributed by atoms with van der Waals surface area (Å²) in [5.41, 5.74) is 3.04. The highest BCUT2D eigenvalue weighted by atomic mass is 14.6. The van der Waals surface area contributed by atoms with Crippen LogP contribution in [-0.2, 0) is 0 Å². The van der Waals surface area contributed by atoms with Crippen LogP contribution in [0.15, 0.2) is 23.8 Å². The second-order valence-corrected chi connectivity index (χ2v) is 13.9. The molecular weight excluding hydrogens is 384 g/mol. The van der Waals surface area contributed by atoms with Crippen molar-refractivity contribution in [3.8, 4) is 0 Å². The topological polar surface area (TPSA) is 0 Å². The number of hydrogen-bond acceptors (Lipinski definition) is 0. The summed E-state index contributed by atoms with van der Waals surface area (Å²) in [6, 6.07) is 0. The third kappa shape index (κ3) is 3.79. The lowest BCUT2D eigenvalue weighted by molar-refractivity contribution is -0.0497. The Hall–Kier alpha value is -0.520. The van der Waals surface area contributed by atoms with Gasteiger partial charge in [-0.15, -0.1) is 0 Å². The maximum atomic E-state index is 2.80. The van der Waals surface area contributed by atoms with Gasteiger partial charge in [0.05, 0.1) is 0 Å². The summed E-state index contributed by atoms with van der Waals surface area (Å²) in [7, 11) is 0. The first-order chi connectivity index (χ1) is 15.3. The minimum absolute atomic E-state index is 0.546. The van der Waals surface area contributed by atoms with Crippen LogP contribution in [0.1, 0.15) is 112 Å². The predicted molar refractivity (Wildman–Crippen MR) is 138 cm³/mol. The monoisotopic (exact) mass is 436 g/mol. The molecule has 0 radical (unpaired) electrons. The number of allylic oxidation sites excluding steroid dienone is 4. The molecular formula is C32H52. The molecule has 4 saturated carbocycles. The molecule has 0 N–H and O–H groups in total. The maximum Gasteiger partial charge on any atom is -0.00851 e. The van der Waals surface area contributed by atoms with E-state index < -0.39 is 0 Å². The van der Waals surface area contributed by atoms with Crippen LogP contribution in [0.5, 0.6) is 0 Å². The zero-order valence-corrected chi connectivity index (χ0v) is 22.2.